The van der Waals surface area contributed by atoms with Gasteiger partial charge in [0.1, 0.15) is 12.4 Å². The maximum Gasteiger partial charge on any atom is 0.119 e. The van der Waals surface area contributed by atoms with E-state index in [1.54, 1.807) is 0 Å². The molecule has 0 aliphatic carbocycles. The smallest absolute Gasteiger partial charge is 0.119 e. The van der Waals surface area contributed by atoms with Crippen molar-refractivity contribution >= 4 is 27.7 Å². The largest absolute Gasteiger partial charge is 0.492 e. The Morgan fingerprint density at radius 3 is 2.40 bits per heavy atom. The van der Waals surface area contributed by atoms with Gasteiger partial charge in [-0.05, 0) is 55.8 Å². The van der Waals surface area contributed by atoms with Crippen molar-refractivity contribution in [2.75, 3.05) is 6.61 Å². The van der Waals surface area contributed by atoms with Gasteiger partial charge in [0.15, 0.2) is 0 Å². The first-order chi connectivity index (χ1) is 7.04. The minimum Gasteiger partial charge on any atom is -0.492 e. The number of hydrogen-bond acceptors (Lipinski definition) is 2. The van der Waals surface area contributed by atoms with Gasteiger partial charge in [0, 0.05) is 4.47 Å². The number of rotatable bonds is 4. The number of halogens is 2. The molecule has 1 unspecified atom stereocenters. The molecular weight excluding hydrogens is 277 g/mol. The van der Waals surface area contributed by atoms with E-state index in [0.29, 0.717) is 6.61 Å². The van der Waals surface area contributed by atoms with Crippen LogP contribution in [0.4, 0.5) is 0 Å². The Labute approximate surface area is 104 Å². The van der Waals surface area contributed by atoms with Crippen LogP contribution in [0.3, 0.4) is 0 Å². The fourth-order valence-corrected chi connectivity index (χ4v) is 1.53. The zero-order chi connectivity index (χ0) is 11.4. The van der Waals surface area contributed by atoms with Gasteiger partial charge in [0.05, 0.1) is 6.04 Å². The van der Waals surface area contributed by atoms with Crippen LogP contribution in [0.2, 0.25) is 0 Å². The Morgan fingerprint density at radius 2 is 1.93 bits per heavy atom. The molecule has 1 atom stereocenters. The first kappa shape index (κ1) is 12.8. The second kappa shape index (κ2) is 5.73. The van der Waals surface area contributed by atoms with Gasteiger partial charge in [-0.1, -0.05) is 15.9 Å². The molecule has 0 bridgehead atoms. The van der Waals surface area contributed by atoms with Crippen molar-refractivity contribution in [2.45, 2.75) is 26.8 Å². The van der Waals surface area contributed by atoms with Gasteiger partial charge in [-0.15, -0.1) is 0 Å². The van der Waals surface area contributed by atoms with Gasteiger partial charge in [-0.25, -0.2) is 4.84 Å². The molecule has 1 N–H and O–H groups in total. The standard InChI is InChI=1S/C11H15BrClNO/c1-7-4-10(5-8(2)11(7)12)15-6-9(3)14-13/h4-5,9,14H,6H2,1-3H3. The van der Waals surface area contributed by atoms with Crippen molar-refractivity contribution in [3.05, 3.63) is 27.7 Å². The summed E-state index contributed by atoms with van der Waals surface area (Å²) in [5, 5.41) is 0. The van der Waals surface area contributed by atoms with Gasteiger partial charge >= 0.3 is 0 Å². The third-order valence-corrected chi connectivity index (χ3v) is 3.72. The quantitative estimate of drug-likeness (QED) is 0.857. The molecule has 0 fully saturated rings. The molecule has 4 heteroatoms. The highest BCUT2D eigenvalue weighted by Gasteiger charge is 2.05. The molecule has 0 saturated carbocycles. The van der Waals surface area contributed by atoms with Crippen LogP contribution < -0.4 is 9.57 Å². The maximum absolute atomic E-state index is 5.61. The van der Waals surface area contributed by atoms with E-state index >= 15 is 0 Å². The molecule has 0 aliphatic heterocycles. The van der Waals surface area contributed by atoms with Crippen LogP contribution >= 0.6 is 27.7 Å². The molecule has 1 rings (SSSR count). The van der Waals surface area contributed by atoms with E-state index in [9.17, 15) is 0 Å². The molecule has 0 saturated heterocycles. The van der Waals surface area contributed by atoms with Gasteiger partial charge in [0.25, 0.3) is 0 Å². The zero-order valence-electron chi connectivity index (χ0n) is 9.10. The Bertz CT molecular complexity index is 320. The van der Waals surface area contributed by atoms with E-state index in [1.807, 2.05) is 32.9 Å². The summed E-state index contributed by atoms with van der Waals surface area (Å²) in [4.78, 5) is 2.61. The summed E-state index contributed by atoms with van der Waals surface area (Å²) < 4.78 is 6.74. The highest BCUT2D eigenvalue weighted by Crippen LogP contribution is 2.26. The number of nitrogens with one attached hydrogen (secondary N) is 1. The first-order valence-electron chi connectivity index (χ1n) is 4.80. The normalized spacial score (nSPS) is 12.6. The van der Waals surface area contributed by atoms with Crippen LogP contribution in [-0.2, 0) is 0 Å². The molecule has 0 amide bonds. The minimum absolute atomic E-state index is 0.135. The fraction of sp³-hybridized carbons (Fsp3) is 0.455. The highest BCUT2D eigenvalue weighted by atomic mass is 79.9. The molecule has 15 heavy (non-hydrogen) atoms. The van der Waals surface area contributed by atoms with Crippen molar-refractivity contribution in [3.63, 3.8) is 0 Å². The molecule has 0 aliphatic rings. The van der Waals surface area contributed by atoms with E-state index in [4.69, 9.17) is 16.5 Å². The first-order valence-corrected chi connectivity index (χ1v) is 5.97. The summed E-state index contributed by atoms with van der Waals surface area (Å²) in [7, 11) is 0. The van der Waals surface area contributed by atoms with Crippen LogP contribution in [0.25, 0.3) is 0 Å². The number of benzene rings is 1. The fourth-order valence-electron chi connectivity index (χ4n) is 1.24. The Morgan fingerprint density at radius 1 is 1.40 bits per heavy atom. The average Bonchev–Trinajstić information content (AvgIpc) is 2.22. The average molecular weight is 293 g/mol. The van der Waals surface area contributed by atoms with E-state index in [2.05, 4.69) is 20.8 Å². The summed E-state index contributed by atoms with van der Waals surface area (Å²) in [5.74, 6) is 0.881. The molecule has 0 aromatic heterocycles. The lowest BCUT2D eigenvalue weighted by atomic mass is 10.1. The van der Waals surface area contributed by atoms with Crippen molar-refractivity contribution in [1.82, 2.24) is 4.84 Å². The number of ether oxygens (including phenoxy) is 1. The van der Waals surface area contributed by atoms with Crippen molar-refractivity contribution in [2.24, 2.45) is 0 Å². The predicted molar refractivity (Wildman–Crippen MR) is 67.6 cm³/mol. The monoisotopic (exact) mass is 291 g/mol. The predicted octanol–water partition coefficient (Wildman–Crippen LogP) is 3.58. The Balaban J connectivity index is 2.70. The second-order valence-electron chi connectivity index (χ2n) is 3.69. The lowest BCUT2D eigenvalue weighted by Crippen LogP contribution is -2.24. The third-order valence-electron chi connectivity index (χ3n) is 2.10. The van der Waals surface area contributed by atoms with Crippen LogP contribution in [0, 0.1) is 13.8 Å². The minimum atomic E-state index is 0.135. The second-order valence-corrected chi connectivity index (χ2v) is 4.70. The van der Waals surface area contributed by atoms with E-state index in [1.165, 1.54) is 11.1 Å². The molecule has 0 radical (unpaired) electrons. The molecule has 0 heterocycles. The summed E-state index contributed by atoms with van der Waals surface area (Å²) in [6, 6.07) is 4.16. The molecule has 1 aromatic rings. The Hall–Kier alpha value is -0.250. The molecular formula is C11H15BrClNO. The SMILES string of the molecule is Cc1cc(OCC(C)NCl)cc(C)c1Br. The van der Waals surface area contributed by atoms with Crippen LogP contribution in [0.1, 0.15) is 18.1 Å². The lowest BCUT2D eigenvalue weighted by molar-refractivity contribution is 0.288. The van der Waals surface area contributed by atoms with Crippen LogP contribution in [-0.4, -0.2) is 12.6 Å². The van der Waals surface area contributed by atoms with Crippen LogP contribution in [0.15, 0.2) is 16.6 Å². The molecule has 2 nitrogen and oxygen atoms in total. The summed E-state index contributed by atoms with van der Waals surface area (Å²) in [6.07, 6.45) is 0. The van der Waals surface area contributed by atoms with Crippen LogP contribution in [0.5, 0.6) is 5.75 Å². The number of hydrogen-bond donors (Lipinski definition) is 1. The Kier molecular flexibility index (Phi) is 4.90. The van der Waals surface area contributed by atoms with Gasteiger partial charge in [-0.3, -0.25) is 0 Å². The molecule has 0 spiro atoms. The van der Waals surface area contributed by atoms with Crippen molar-refractivity contribution in [1.29, 1.82) is 0 Å². The summed E-state index contributed by atoms with van der Waals surface area (Å²) >= 11 is 8.99. The molecule has 1 aromatic carbocycles. The van der Waals surface area contributed by atoms with Crippen molar-refractivity contribution in [3.8, 4) is 5.75 Å². The zero-order valence-corrected chi connectivity index (χ0v) is 11.4. The topological polar surface area (TPSA) is 21.3 Å². The van der Waals surface area contributed by atoms with E-state index < -0.39 is 0 Å². The van der Waals surface area contributed by atoms with Gasteiger partial charge in [-0.2, -0.15) is 0 Å². The lowest BCUT2D eigenvalue weighted by Gasteiger charge is -2.13. The highest BCUT2D eigenvalue weighted by molar-refractivity contribution is 9.10. The third kappa shape index (κ3) is 3.67. The summed E-state index contributed by atoms with van der Waals surface area (Å²) in [5.41, 5.74) is 2.35. The van der Waals surface area contributed by atoms with E-state index in [-0.39, 0.29) is 6.04 Å². The van der Waals surface area contributed by atoms with E-state index in [0.717, 1.165) is 10.2 Å². The summed E-state index contributed by atoms with van der Waals surface area (Å²) in [6.45, 7) is 6.62. The van der Waals surface area contributed by atoms with Gasteiger partial charge < -0.3 is 4.74 Å². The maximum atomic E-state index is 5.61. The molecule has 84 valence electrons. The number of aryl methyl sites for hydroxylation is 2. The van der Waals surface area contributed by atoms with Crippen molar-refractivity contribution < 1.29 is 4.74 Å². The van der Waals surface area contributed by atoms with Gasteiger partial charge in [0.2, 0.25) is 0 Å².